The van der Waals surface area contributed by atoms with Crippen LogP contribution in [0.4, 0.5) is 0 Å². The third-order valence-electron chi connectivity index (χ3n) is 4.32. The normalized spacial score (nSPS) is 19.5. The molecule has 0 bridgehead atoms. The summed E-state index contributed by atoms with van der Waals surface area (Å²) in [5, 5.41) is 11.6. The second kappa shape index (κ2) is 7.51. The summed E-state index contributed by atoms with van der Waals surface area (Å²) in [7, 11) is 0. The third-order valence-corrected chi connectivity index (χ3v) is 5.41. The standard InChI is InChI=1S/C19H16N2O5S/c22-17-16(27-19(20-17)21-7-9-25-10-8-21)11-14-5-6-15(26-14)12-1-3-13(4-2-12)18(23)24/h1-6,11H,7-10H2,(H,23,24)/b16-11+. The van der Waals surface area contributed by atoms with Gasteiger partial charge in [-0.2, -0.15) is 0 Å². The summed E-state index contributed by atoms with van der Waals surface area (Å²) >= 11 is 1.37. The van der Waals surface area contributed by atoms with E-state index in [9.17, 15) is 14.7 Å². The fourth-order valence-corrected chi connectivity index (χ4v) is 3.87. The predicted octanol–water partition coefficient (Wildman–Crippen LogP) is 0.196. The maximum atomic E-state index is 12.2. The zero-order valence-corrected chi connectivity index (χ0v) is 15.1. The summed E-state index contributed by atoms with van der Waals surface area (Å²) in [6.45, 7) is 2.94. The number of furan rings is 1. The van der Waals surface area contributed by atoms with Crippen molar-refractivity contribution < 1.29 is 28.7 Å². The Morgan fingerprint density at radius 1 is 1.15 bits per heavy atom. The van der Waals surface area contributed by atoms with Crippen molar-refractivity contribution in [3.8, 4) is 11.3 Å². The minimum atomic E-state index is -1.22. The molecule has 138 valence electrons. The largest absolute Gasteiger partial charge is 0.545 e. The highest BCUT2D eigenvalue weighted by molar-refractivity contribution is 8.18. The molecule has 0 radical (unpaired) electrons. The number of morpholine rings is 1. The van der Waals surface area contributed by atoms with E-state index in [0.29, 0.717) is 29.6 Å². The molecule has 1 amide bonds. The van der Waals surface area contributed by atoms with Gasteiger partial charge in [-0.25, -0.2) is 0 Å². The first-order chi connectivity index (χ1) is 13.1. The summed E-state index contributed by atoms with van der Waals surface area (Å²) in [4.78, 5) is 28.9. The van der Waals surface area contributed by atoms with Crippen molar-refractivity contribution in [1.29, 1.82) is 0 Å². The molecular weight excluding hydrogens is 368 g/mol. The highest BCUT2D eigenvalue weighted by Crippen LogP contribution is 2.29. The average molecular weight is 384 g/mol. The topological polar surface area (TPSA) is 96.4 Å². The number of benzene rings is 1. The van der Waals surface area contributed by atoms with Gasteiger partial charge in [0.05, 0.1) is 24.1 Å². The van der Waals surface area contributed by atoms with Crippen LogP contribution in [0.15, 0.2) is 50.7 Å². The van der Waals surface area contributed by atoms with Crippen LogP contribution in [0.2, 0.25) is 0 Å². The first-order valence-corrected chi connectivity index (χ1v) is 9.29. The zero-order valence-electron chi connectivity index (χ0n) is 14.3. The Hall–Kier alpha value is -2.68. The lowest BCUT2D eigenvalue weighted by molar-refractivity contribution is -0.812. The zero-order chi connectivity index (χ0) is 18.8. The maximum Gasteiger partial charge on any atom is 0.289 e. The molecule has 0 atom stereocenters. The molecule has 1 aromatic carbocycles. The van der Waals surface area contributed by atoms with E-state index in [2.05, 4.69) is 4.99 Å². The molecule has 2 aliphatic rings. The number of carbonyl (C=O) groups excluding carboxylic acids is 2. The van der Waals surface area contributed by atoms with E-state index in [4.69, 9.17) is 9.15 Å². The van der Waals surface area contributed by atoms with Gasteiger partial charge >= 0.3 is 0 Å². The highest BCUT2D eigenvalue weighted by Gasteiger charge is 2.31. The van der Waals surface area contributed by atoms with Crippen molar-refractivity contribution in [3.05, 3.63) is 52.6 Å². The average Bonchev–Trinajstić information content (AvgIpc) is 3.30. The molecule has 1 aromatic heterocycles. The molecule has 4 rings (SSSR count). The van der Waals surface area contributed by atoms with Crippen LogP contribution in [0.5, 0.6) is 0 Å². The predicted molar refractivity (Wildman–Crippen MR) is 98.0 cm³/mol. The number of rotatable bonds is 3. The van der Waals surface area contributed by atoms with Crippen molar-refractivity contribution in [2.45, 2.75) is 0 Å². The van der Waals surface area contributed by atoms with E-state index in [-0.39, 0.29) is 11.5 Å². The Morgan fingerprint density at radius 2 is 1.89 bits per heavy atom. The number of carboxylic acid groups (broad SMARTS) is 1. The first-order valence-electron chi connectivity index (χ1n) is 8.47. The summed E-state index contributed by atoms with van der Waals surface area (Å²) in [6, 6.07) is 9.78. The summed E-state index contributed by atoms with van der Waals surface area (Å²) < 4.78 is 11.1. The Labute approximate surface area is 159 Å². The van der Waals surface area contributed by atoms with E-state index < -0.39 is 5.97 Å². The molecule has 1 fully saturated rings. The number of amidine groups is 1. The molecule has 0 spiro atoms. The number of aliphatic imine (C=N–C) groups is 1. The number of quaternary nitrogens is 1. The Bertz CT molecular complexity index is 939. The molecule has 2 aromatic rings. The number of thioether (sulfide) groups is 1. The molecule has 7 nitrogen and oxygen atoms in total. The van der Waals surface area contributed by atoms with Crippen LogP contribution in [0.1, 0.15) is 16.1 Å². The number of nitrogens with zero attached hydrogens (tertiary/aromatic N) is 1. The van der Waals surface area contributed by atoms with Gasteiger partial charge in [-0.15, -0.1) is 4.99 Å². The van der Waals surface area contributed by atoms with E-state index >= 15 is 0 Å². The molecule has 3 heterocycles. The van der Waals surface area contributed by atoms with Crippen molar-refractivity contribution >= 4 is 34.9 Å². The lowest BCUT2D eigenvalue weighted by Gasteiger charge is -2.21. The molecule has 8 heteroatoms. The van der Waals surface area contributed by atoms with Crippen molar-refractivity contribution in [2.24, 2.45) is 4.99 Å². The lowest BCUT2D eigenvalue weighted by Crippen LogP contribution is -3.15. The fraction of sp³-hybridized carbons (Fsp3) is 0.211. The van der Waals surface area contributed by atoms with Gasteiger partial charge in [0.25, 0.3) is 11.1 Å². The number of carbonyl (C=O) groups is 2. The van der Waals surface area contributed by atoms with E-state index in [0.717, 1.165) is 28.7 Å². The minimum absolute atomic E-state index is 0.107. The third kappa shape index (κ3) is 3.87. The quantitative estimate of drug-likeness (QED) is 0.760. The van der Waals surface area contributed by atoms with Crippen LogP contribution in [0.3, 0.4) is 0 Å². The molecule has 0 saturated carbocycles. The second-order valence-corrected chi connectivity index (χ2v) is 7.15. The van der Waals surface area contributed by atoms with E-state index in [1.54, 1.807) is 30.3 Å². The van der Waals surface area contributed by atoms with E-state index in [1.165, 1.54) is 23.9 Å². The van der Waals surface area contributed by atoms with Crippen LogP contribution in [0.25, 0.3) is 17.4 Å². The van der Waals surface area contributed by atoms with Gasteiger partial charge in [0.15, 0.2) is 0 Å². The van der Waals surface area contributed by atoms with Crippen molar-refractivity contribution in [1.82, 2.24) is 0 Å². The van der Waals surface area contributed by atoms with Gasteiger partial charge in [-0.1, -0.05) is 24.3 Å². The Morgan fingerprint density at radius 3 is 2.59 bits per heavy atom. The van der Waals surface area contributed by atoms with Crippen LogP contribution >= 0.6 is 11.8 Å². The van der Waals surface area contributed by atoms with Gasteiger partial charge < -0.3 is 19.1 Å². The molecule has 27 heavy (non-hydrogen) atoms. The second-order valence-electron chi connectivity index (χ2n) is 6.12. The van der Waals surface area contributed by atoms with Crippen LogP contribution in [-0.2, 0) is 9.53 Å². The van der Waals surface area contributed by atoms with Crippen LogP contribution in [-0.4, -0.2) is 43.3 Å². The Kier molecular flexibility index (Phi) is 4.93. The first kappa shape index (κ1) is 17.7. The molecule has 1 N–H and O–H groups in total. The number of amides is 1. The molecule has 0 aliphatic carbocycles. The van der Waals surface area contributed by atoms with Crippen LogP contribution < -0.4 is 10.0 Å². The number of nitrogens with one attached hydrogen (secondary N) is 1. The van der Waals surface area contributed by atoms with Crippen LogP contribution in [0, 0.1) is 0 Å². The maximum absolute atomic E-state index is 12.2. The summed E-state index contributed by atoms with van der Waals surface area (Å²) in [6.07, 6.45) is 1.68. The monoisotopic (exact) mass is 384 g/mol. The van der Waals surface area contributed by atoms with Crippen molar-refractivity contribution in [2.75, 3.05) is 26.3 Å². The number of hydrogen-bond donors (Lipinski definition) is 1. The number of ether oxygens (including phenoxy) is 1. The van der Waals surface area contributed by atoms with Gasteiger partial charge in [0.1, 0.15) is 24.6 Å². The van der Waals surface area contributed by atoms with Crippen molar-refractivity contribution in [3.63, 3.8) is 0 Å². The molecular formula is C19H16N2O5S. The Balaban J connectivity index is 1.49. The molecule has 1 saturated heterocycles. The number of aromatic carboxylic acids is 1. The highest BCUT2D eigenvalue weighted by atomic mass is 32.2. The lowest BCUT2D eigenvalue weighted by atomic mass is 10.1. The minimum Gasteiger partial charge on any atom is -0.545 e. The molecule has 2 aliphatic heterocycles. The van der Waals surface area contributed by atoms with Gasteiger partial charge in [-0.05, 0) is 29.5 Å². The van der Waals surface area contributed by atoms with Gasteiger partial charge in [0, 0.05) is 11.6 Å². The van der Waals surface area contributed by atoms with E-state index in [1.807, 2.05) is 0 Å². The summed E-state index contributed by atoms with van der Waals surface area (Å²) in [5.41, 5.74) is 0.848. The summed E-state index contributed by atoms with van der Waals surface area (Å²) in [5.74, 6) is -0.355. The van der Waals surface area contributed by atoms with Gasteiger partial charge in [0.2, 0.25) is 0 Å². The molecule has 0 unspecified atom stereocenters. The SMILES string of the molecule is O=C1N=C([NH+]2CCOCC2)S/C1=C/c1ccc(-c2ccc(C(=O)[O-])cc2)o1. The number of hydrogen-bond acceptors (Lipinski definition) is 6. The smallest absolute Gasteiger partial charge is 0.289 e. The number of carboxylic acids is 1. The van der Waals surface area contributed by atoms with Gasteiger partial charge in [-0.3, -0.25) is 9.69 Å². The fourth-order valence-electron chi connectivity index (χ4n) is 2.88.